The third-order valence-corrected chi connectivity index (χ3v) is 4.29. The van der Waals surface area contributed by atoms with Crippen LogP contribution >= 0.6 is 11.3 Å². The Morgan fingerprint density at radius 2 is 2.17 bits per heavy atom. The molecule has 2 aromatic rings. The molecular weight excluding hydrogens is 312 g/mol. The Labute approximate surface area is 139 Å². The molecule has 2 amide bonds. The van der Waals surface area contributed by atoms with E-state index in [0.717, 1.165) is 12.8 Å². The first-order valence-corrected chi connectivity index (χ1v) is 8.51. The van der Waals surface area contributed by atoms with Crippen molar-refractivity contribution in [1.82, 2.24) is 15.1 Å². The molecule has 2 heterocycles. The highest BCUT2D eigenvalue weighted by molar-refractivity contribution is 7.09. The summed E-state index contributed by atoms with van der Waals surface area (Å²) in [7, 11) is 1.70. The topological polar surface area (TPSA) is 76.0 Å². The molecular formula is C16H22N4O2S. The Morgan fingerprint density at radius 3 is 2.83 bits per heavy atom. The first-order chi connectivity index (χ1) is 11.0. The van der Waals surface area contributed by atoms with Crippen molar-refractivity contribution >= 4 is 29.0 Å². The van der Waals surface area contributed by atoms with Crippen LogP contribution < -0.4 is 10.6 Å². The molecule has 0 saturated carbocycles. The number of anilines is 1. The van der Waals surface area contributed by atoms with Crippen LogP contribution in [0.5, 0.6) is 0 Å². The minimum absolute atomic E-state index is 0.101. The van der Waals surface area contributed by atoms with Gasteiger partial charge in [0.2, 0.25) is 5.91 Å². The summed E-state index contributed by atoms with van der Waals surface area (Å²) < 4.78 is 1.50. The SMILES string of the molecule is CC(C)C(=O)Nc1cc(C(=O)NCCCc2cccs2)nn1C. The lowest BCUT2D eigenvalue weighted by Gasteiger charge is -2.06. The monoisotopic (exact) mass is 334 g/mol. The number of rotatable bonds is 7. The lowest BCUT2D eigenvalue weighted by molar-refractivity contribution is -0.118. The van der Waals surface area contributed by atoms with Crippen molar-refractivity contribution in [2.75, 3.05) is 11.9 Å². The van der Waals surface area contributed by atoms with Gasteiger partial charge in [-0.25, -0.2) is 0 Å². The zero-order chi connectivity index (χ0) is 16.8. The van der Waals surface area contributed by atoms with E-state index in [1.165, 1.54) is 9.56 Å². The molecule has 0 atom stereocenters. The second-order valence-corrected chi connectivity index (χ2v) is 6.65. The highest BCUT2D eigenvalue weighted by atomic mass is 32.1. The van der Waals surface area contributed by atoms with Gasteiger partial charge in [0, 0.05) is 30.5 Å². The summed E-state index contributed by atoms with van der Waals surface area (Å²) in [5.41, 5.74) is 0.308. The maximum Gasteiger partial charge on any atom is 0.271 e. The molecule has 2 rings (SSSR count). The number of aromatic nitrogens is 2. The number of hydrogen-bond acceptors (Lipinski definition) is 4. The van der Waals surface area contributed by atoms with Gasteiger partial charge in [-0.1, -0.05) is 19.9 Å². The van der Waals surface area contributed by atoms with E-state index in [4.69, 9.17) is 0 Å². The Hall–Kier alpha value is -2.15. The van der Waals surface area contributed by atoms with Gasteiger partial charge in [0.1, 0.15) is 5.82 Å². The van der Waals surface area contributed by atoms with E-state index in [0.29, 0.717) is 18.1 Å². The molecule has 0 saturated heterocycles. The highest BCUT2D eigenvalue weighted by Crippen LogP contribution is 2.12. The average Bonchev–Trinajstić information content (AvgIpc) is 3.14. The number of hydrogen-bond donors (Lipinski definition) is 2. The molecule has 0 aromatic carbocycles. The summed E-state index contributed by atoms with van der Waals surface area (Å²) in [6.07, 6.45) is 1.84. The number of amides is 2. The normalized spacial score (nSPS) is 10.8. The number of nitrogens with one attached hydrogen (secondary N) is 2. The second kappa shape index (κ2) is 7.92. The largest absolute Gasteiger partial charge is 0.351 e. The first-order valence-electron chi connectivity index (χ1n) is 7.63. The van der Waals surface area contributed by atoms with Crippen molar-refractivity contribution in [3.05, 3.63) is 34.2 Å². The van der Waals surface area contributed by atoms with Gasteiger partial charge in [0.05, 0.1) is 0 Å². The van der Waals surface area contributed by atoms with Crippen molar-refractivity contribution in [1.29, 1.82) is 0 Å². The minimum Gasteiger partial charge on any atom is -0.351 e. The summed E-state index contributed by atoms with van der Waals surface area (Å²) in [6.45, 7) is 4.22. The van der Waals surface area contributed by atoms with Crippen LogP contribution in [0.3, 0.4) is 0 Å². The Morgan fingerprint density at radius 1 is 1.39 bits per heavy atom. The fraction of sp³-hybridized carbons (Fsp3) is 0.438. The van der Waals surface area contributed by atoms with Crippen molar-refractivity contribution in [2.24, 2.45) is 13.0 Å². The van der Waals surface area contributed by atoms with Crippen LogP contribution in [0.2, 0.25) is 0 Å². The number of nitrogens with zero attached hydrogens (tertiary/aromatic N) is 2. The van der Waals surface area contributed by atoms with E-state index in [9.17, 15) is 9.59 Å². The molecule has 6 nitrogen and oxygen atoms in total. The second-order valence-electron chi connectivity index (χ2n) is 5.62. The predicted octanol–water partition coefficient (Wildman–Crippen LogP) is 2.44. The standard InChI is InChI=1S/C16H22N4O2S/c1-11(2)15(21)18-14-10-13(19-20(14)3)16(22)17-8-4-6-12-7-5-9-23-12/h5,7,9-11H,4,6,8H2,1-3H3,(H,17,22)(H,18,21). The number of carbonyl (C=O) groups excluding carboxylic acids is 2. The summed E-state index contributed by atoms with van der Waals surface area (Å²) in [6, 6.07) is 5.71. The minimum atomic E-state index is -0.225. The quantitative estimate of drug-likeness (QED) is 0.764. The fourth-order valence-corrected chi connectivity index (χ4v) is 2.73. The molecule has 0 aliphatic rings. The maximum absolute atomic E-state index is 12.1. The van der Waals surface area contributed by atoms with Gasteiger partial charge in [-0.05, 0) is 24.3 Å². The molecule has 0 fully saturated rings. The third-order valence-electron chi connectivity index (χ3n) is 3.35. The predicted molar refractivity (Wildman–Crippen MR) is 91.6 cm³/mol. The molecule has 0 aliphatic carbocycles. The summed E-state index contributed by atoms with van der Waals surface area (Å²) in [5, 5.41) is 11.8. The number of carbonyl (C=O) groups is 2. The fourth-order valence-electron chi connectivity index (χ4n) is 1.98. The molecule has 0 radical (unpaired) electrons. The molecule has 23 heavy (non-hydrogen) atoms. The first kappa shape index (κ1) is 17.2. The van der Waals surface area contributed by atoms with Gasteiger partial charge in [-0.2, -0.15) is 5.10 Å². The Balaban J connectivity index is 1.83. The lowest BCUT2D eigenvalue weighted by Crippen LogP contribution is -2.25. The van der Waals surface area contributed by atoms with Crippen LogP contribution in [0.15, 0.2) is 23.6 Å². The number of thiophene rings is 1. The zero-order valence-electron chi connectivity index (χ0n) is 13.6. The van der Waals surface area contributed by atoms with Gasteiger partial charge >= 0.3 is 0 Å². The van der Waals surface area contributed by atoms with Crippen LogP contribution in [0.1, 0.15) is 35.6 Å². The van der Waals surface area contributed by atoms with E-state index >= 15 is 0 Å². The molecule has 0 bridgehead atoms. The van der Waals surface area contributed by atoms with E-state index in [2.05, 4.69) is 27.2 Å². The molecule has 0 spiro atoms. The lowest BCUT2D eigenvalue weighted by atomic mass is 10.2. The summed E-state index contributed by atoms with van der Waals surface area (Å²) in [5.74, 6) is 0.0691. The van der Waals surface area contributed by atoms with Crippen LogP contribution in [0, 0.1) is 5.92 Å². The van der Waals surface area contributed by atoms with Gasteiger partial charge in [0.15, 0.2) is 5.69 Å². The molecule has 0 aliphatic heterocycles. The van der Waals surface area contributed by atoms with E-state index in [-0.39, 0.29) is 17.7 Å². The molecule has 7 heteroatoms. The molecule has 0 unspecified atom stereocenters. The van der Waals surface area contributed by atoms with Crippen LogP contribution in [0.4, 0.5) is 5.82 Å². The average molecular weight is 334 g/mol. The van der Waals surface area contributed by atoms with Crippen molar-refractivity contribution in [3.63, 3.8) is 0 Å². The van der Waals surface area contributed by atoms with Crippen LogP contribution in [0.25, 0.3) is 0 Å². The summed E-state index contributed by atoms with van der Waals surface area (Å²) >= 11 is 1.72. The molecule has 124 valence electrons. The van der Waals surface area contributed by atoms with E-state index < -0.39 is 0 Å². The van der Waals surface area contributed by atoms with Crippen LogP contribution in [-0.2, 0) is 18.3 Å². The Bertz CT molecular complexity index is 662. The third kappa shape index (κ3) is 4.92. The van der Waals surface area contributed by atoms with E-state index in [1.807, 2.05) is 19.9 Å². The van der Waals surface area contributed by atoms with Gasteiger partial charge < -0.3 is 10.6 Å². The van der Waals surface area contributed by atoms with E-state index in [1.54, 1.807) is 24.5 Å². The molecule has 2 aromatic heterocycles. The zero-order valence-corrected chi connectivity index (χ0v) is 14.4. The van der Waals surface area contributed by atoms with Crippen LogP contribution in [-0.4, -0.2) is 28.1 Å². The highest BCUT2D eigenvalue weighted by Gasteiger charge is 2.15. The van der Waals surface area contributed by atoms with Gasteiger partial charge in [-0.15, -0.1) is 11.3 Å². The Kier molecular flexibility index (Phi) is 5.92. The smallest absolute Gasteiger partial charge is 0.271 e. The maximum atomic E-state index is 12.1. The summed E-state index contributed by atoms with van der Waals surface area (Å²) in [4.78, 5) is 25.1. The van der Waals surface area contributed by atoms with Crippen molar-refractivity contribution < 1.29 is 9.59 Å². The van der Waals surface area contributed by atoms with Crippen molar-refractivity contribution in [3.8, 4) is 0 Å². The van der Waals surface area contributed by atoms with Crippen molar-refractivity contribution in [2.45, 2.75) is 26.7 Å². The van der Waals surface area contributed by atoms with Gasteiger partial charge in [-0.3, -0.25) is 14.3 Å². The molecule has 2 N–H and O–H groups in total. The van der Waals surface area contributed by atoms with Gasteiger partial charge in [0.25, 0.3) is 5.91 Å². The number of aryl methyl sites for hydroxylation is 2.